The lowest BCUT2D eigenvalue weighted by Gasteiger charge is -2.35. The summed E-state index contributed by atoms with van der Waals surface area (Å²) in [6, 6.07) is 0. The number of hydrogen-bond donors (Lipinski definition) is 1. The lowest BCUT2D eigenvalue weighted by atomic mass is 9.77. The highest BCUT2D eigenvalue weighted by Crippen LogP contribution is 2.34. The molecule has 2 nitrogen and oxygen atoms in total. The molecule has 0 amide bonds. The van der Waals surface area contributed by atoms with Crippen molar-refractivity contribution in [2.75, 3.05) is 6.73 Å². The highest BCUT2D eigenvalue weighted by Gasteiger charge is 2.29. The zero-order valence-electron chi connectivity index (χ0n) is 9.60. The van der Waals surface area contributed by atoms with E-state index in [9.17, 15) is 0 Å². The van der Waals surface area contributed by atoms with E-state index in [4.69, 9.17) is 10.5 Å². The highest BCUT2D eigenvalue weighted by atomic mass is 16.5. The SMILES string of the molecule is CCCC(C)(CCC)C(C)OCN. The van der Waals surface area contributed by atoms with Crippen LogP contribution < -0.4 is 5.73 Å². The van der Waals surface area contributed by atoms with Gasteiger partial charge in [0, 0.05) is 0 Å². The molecule has 0 radical (unpaired) electrons. The summed E-state index contributed by atoms with van der Waals surface area (Å²) in [6.45, 7) is 9.23. The molecule has 0 aliphatic carbocycles. The lowest BCUT2D eigenvalue weighted by Crippen LogP contribution is -2.33. The summed E-state index contributed by atoms with van der Waals surface area (Å²) in [5.41, 5.74) is 5.70. The fraction of sp³-hybridized carbons (Fsp3) is 1.00. The smallest absolute Gasteiger partial charge is 0.0944 e. The Morgan fingerprint density at radius 1 is 1.23 bits per heavy atom. The first-order valence-corrected chi connectivity index (χ1v) is 5.42. The van der Waals surface area contributed by atoms with Crippen LogP contribution in [0.3, 0.4) is 0 Å². The fourth-order valence-electron chi connectivity index (χ4n) is 2.02. The third-order valence-corrected chi connectivity index (χ3v) is 2.97. The molecule has 0 aromatic rings. The molecule has 0 saturated heterocycles. The Balaban J connectivity index is 4.18. The zero-order valence-corrected chi connectivity index (χ0v) is 9.60. The molecule has 0 saturated carbocycles. The minimum Gasteiger partial charge on any atom is -0.363 e. The molecule has 0 aromatic heterocycles. The van der Waals surface area contributed by atoms with E-state index in [1.54, 1.807) is 0 Å². The molecule has 0 fully saturated rings. The molecule has 2 N–H and O–H groups in total. The predicted molar refractivity (Wildman–Crippen MR) is 57.5 cm³/mol. The Labute approximate surface area is 82.8 Å². The van der Waals surface area contributed by atoms with Gasteiger partial charge in [-0.1, -0.05) is 33.6 Å². The van der Waals surface area contributed by atoms with Crippen molar-refractivity contribution in [1.29, 1.82) is 0 Å². The number of hydrogen-bond acceptors (Lipinski definition) is 2. The van der Waals surface area contributed by atoms with Gasteiger partial charge in [-0.25, -0.2) is 0 Å². The summed E-state index contributed by atoms with van der Waals surface area (Å²) < 4.78 is 5.49. The minimum atomic E-state index is 0.275. The van der Waals surface area contributed by atoms with Crippen molar-refractivity contribution >= 4 is 0 Å². The third kappa shape index (κ3) is 4.10. The Morgan fingerprint density at radius 3 is 2.00 bits per heavy atom. The third-order valence-electron chi connectivity index (χ3n) is 2.97. The maximum atomic E-state index is 5.49. The quantitative estimate of drug-likeness (QED) is 0.622. The van der Waals surface area contributed by atoms with Gasteiger partial charge in [0.2, 0.25) is 0 Å². The molecular formula is C11H25NO. The molecule has 80 valence electrons. The summed E-state index contributed by atoms with van der Waals surface area (Å²) in [6.07, 6.45) is 5.16. The maximum absolute atomic E-state index is 5.49. The van der Waals surface area contributed by atoms with Gasteiger partial charge >= 0.3 is 0 Å². The van der Waals surface area contributed by atoms with Gasteiger partial charge in [-0.3, -0.25) is 0 Å². The largest absolute Gasteiger partial charge is 0.363 e. The van der Waals surface area contributed by atoms with E-state index in [1.165, 1.54) is 25.7 Å². The van der Waals surface area contributed by atoms with E-state index < -0.39 is 0 Å². The Hall–Kier alpha value is -0.0800. The van der Waals surface area contributed by atoms with Crippen LogP contribution in [0.5, 0.6) is 0 Å². The molecule has 1 unspecified atom stereocenters. The molecule has 0 spiro atoms. The summed E-state index contributed by atoms with van der Waals surface area (Å²) in [4.78, 5) is 0. The van der Waals surface area contributed by atoms with Crippen LogP contribution in [-0.2, 0) is 4.74 Å². The van der Waals surface area contributed by atoms with Crippen molar-refractivity contribution in [3.05, 3.63) is 0 Å². The van der Waals surface area contributed by atoms with Gasteiger partial charge in [-0.2, -0.15) is 0 Å². The molecule has 1 atom stereocenters. The molecule has 0 aliphatic heterocycles. The Kier molecular flexibility index (Phi) is 6.35. The average Bonchev–Trinajstić information content (AvgIpc) is 2.05. The zero-order chi connectivity index (χ0) is 10.3. The second-order valence-corrected chi connectivity index (χ2v) is 4.13. The second kappa shape index (κ2) is 6.39. The Morgan fingerprint density at radius 2 is 1.69 bits per heavy atom. The van der Waals surface area contributed by atoms with Crippen molar-refractivity contribution < 1.29 is 4.74 Å². The minimum absolute atomic E-state index is 0.275. The van der Waals surface area contributed by atoms with Crippen LogP contribution in [0.15, 0.2) is 0 Å². The normalized spacial score (nSPS) is 14.5. The van der Waals surface area contributed by atoms with Crippen molar-refractivity contribution in [2.24, 2.45) is 11.1 Å². The molecule has 0 rings (SSSR count). The summed E-state index contributed by atoms with van der Waals surface area (Å²) >= 11 is 0. The second-order valence-electron chi connectivity index (χ2n) is 4.13. The maximum Gasteiger partial charge on any atom is 0.0944 e. The first-order valence-electron chi connectivity index (χ1n) is 5.42. The van der Waals surface area contributed by atoms with Crippen LogP contribution in [0, 0.1) is 5.41 Å². The monoisotopic (exact) mass is 187 g/mol. The van der Waals surface area contributed by atoms with Crippen molar-refractivity contribution in [3.8, 4) is 0 Å². The van der Waals surface area contributed by atoms with Crippen LogP contribution in [0.2, 0.25) is 0 Å². The average molecular weight is 187 g/mol. The molecule has 0 aliphatic rings. The number of rotatable bonds is 7. The van der Waals surface area contributed by atoms with E-state index in [0.717, 1.165) is 0 Å². The van der Waals surface area contributed by atoms with E-state index in [1.807, 2.05) is 0 Å². The molecule has 13 heavy (non-hydrogen) atoms. The summed E-state index contributed by atoms with van der Waals surface area (Å²) in [7, 11) is 0. The van der Waals surface area contributed by atoms with Crippen LogP contribution in [-0.4, -0.2) is 12.8 Å². The molecule has 0 bridgehead atoms. The highest BCUT2D eigenvalue weighted by molar-refractivity contribution is 4.79. The van der Waals surface area contributed by atoms with Crippen LogP contribution >= 0.6 is 0 Å². The van der Waals surface area contributed by atoms with E-state index in [2.05, 4.69) is 27.7 Å². The van der Waals surface area contributed by atoms with Gasteiger partial charge in [-0.15, -0.1) is 0 Å². The molecule has 2 heteroatoms. The van der Waals surface area contributed by atoms with Crippen LogP contribution in [0.1, 0.15) is 53.4 Å². The van der Waals surface area contributed by atoms with Crippen LogP contribution in [0.4, 0.5) is 0 Å². The molecular weight excluding hydrogens is 162 g/mol. The lowest BCUT2D eigenvalue weighted by molar-refractivity contribution is -0.0279. The molecule has 0 heterocycles. The number of nitrogens with two attached hydrogens (primary N) is 1. The standard InChI is InChI=1S/C11H25NO/c1-5-7-11(4,8-6-2)10(3)13-9-12/h10H,5-9,12H2,1-4H3. The first-order chi connectivity index (χ1) is 6.10. The van der Waals surface area contributed by atoms with Crippen molar-refractivity contribution in [2.45, 2.75) is 59.5 Å². The van der Waals surface area contributed by atoms with Gasteiger partial charge in [0.25, 0.3) is 0 Å². The van der Waals surface area contributed by atoms with Gasteiger partial charge in [0.15, 0.2) is 0 Å². The van der Waals surface area contributed by atoms with E-state index in [0.29, 0.717) is 12.1 Å². The predicted octanol–water partition coefficient (Wildman–Crippen LogP) is 2.91. The van der Waals surface area contributed by atoms with Gasteiger partial charge in [0.05, 0.1) is 12.8 Å². The number of ether oxygens (including phenoxy) is 1. The Bertz CT molecular complexity index is 119. The first kappa shape index (κ1) is 12.9. The van der Waals surface area contributed by atoms with Gasteiger partial charge in [0.1, 0.15) is 0 Å². The fourth-order valence-corrected chi connectivity index (χ4v) is 2.02. The summed E-state index contributed by atoms with van der Waals surface area (Å²) in [5.74, 6) is 0. The topological polar surface area (TPSA) is 35.2 Å². The van der Waals surface area contributed by atoms with Crippen LogP contribution in [0.25, 0.3) is 0 Å². The summed E-state index contributed by atoms with van der Waals surface area (Å²) in [5, 5.41) is 0. The van der Waals surface area contributed by atoms with E-state index >= 15 is 0 Å². The van der Waals surface area contributed by atoms with Crippen molar-refractivity contribution in [1.82, 2.24) is 0 Å². The van der Waals surface area contributed by atoms with Crippen molar-refractivity contribution in [3.63, 3.8) is 0 Å². The van der Waals surface area contributed by atoms with Gasteiger partial charge < -0.3 is 10.5 Å². The molecule has 0 aromatic carbocycles. The van der Waals surface area contributed by atoms with E-state index in [-0.39, 0.29) is 6.10 Å². The van der Waals surface area contributed by atoms with Gasteiger partial charge in [-0.05, 0) is 25.2 Å².